The molecule has 4 rings (SSSR count). The van der Waals surface area contributed by atoms with E-state index in [9.17, 15) is 9.90 Å². The lowest BCUT2D eigenvalue weighted by Crippen LogP contribution is -2.43. The van der Waals surface area contributed by atoms with Crippen LogP contribution in [0, 0.1) is 0 Å². The zero-order valence-electron chi connectivity index (χ0n) is 16.1. The number of hydrogen-bond donors (Lipinski definition) is 2. The fraction of sp³-hybridized carbons (Fsp3) is 0.348. The van der Waals surface area contributed by atoms with Gasteiger partial charge in [0.15, 0.2) is 5.78 Å². The molecule has 0 bridgehead atoms. The molecule has 5 heteroatoms. The number of para-hydroxylation sites is 2. The van der Waals surface area contributed by atoms with Gasteiger partial charge in [0.25, 0.3) is 0 Å². The molecule has 1 aliphatic heterocycles. The van der Waals surface area contributed by atoms with Gasteiger partial charge in [0, 0.05) is 28.2 Å². The van der Waals surface area contributed by atoms with Crippen LogP contribution < -0.4 is 4.74 Å². The van der Waals surface area contributed by atoms with E-state index in [1.165, 1.54) is 6.42 Å². The second kappa shape index (κ2) is 8.17. The molecule has 1 saturated heterocycles. The molecule has 2 atom stereocenters. The molecule has 1 aromatic heterocycles. The van der Waals surface area contributed by atoms with Crippen LogP contribution >= 0.6 is 0 Å². The fourth-order valence-corrected chi connectivity index (χ4v) is 4.25. The van der Waals surface area contributed by atoms with E-state index in [1.807, 2.05) is 48.5 Å². The number of ketones is 1. The zero-order chi connectivity index (χ0) is 19.5. The van der Waals surface area contributed by atoms with Gasteiger partial charge in [-0.2, -0.15) is 0 Å². The van der Waals surface area contributed by atoms with E-state index in [-0.39, 0.29) is 5.78 Å². The Bertz CT molecular complexity index is 959. The average molecular weight is 378 g/mol. The van der Waals surface area contributed by atoms with Crippen molar-refractivity contribution in [3.05, 3.63) is 65.9 Å². The van der Waals surface area contributed by atoms with Gasteiger partial charge in [-0.15, -0.1) is 0 Å². The van der Waals surface area contributed by atoms with Crippen molar-refractivity contribution in [2.75, 3.05) is 20.2 Å². The van der Waals surface area contributed by atoms with Gasteiger partial charge in [0.05, 0.1) is 13.2 Å². The molecule has 28 heavy (non-hydrogen) atoms. The summed E-state index contributed by atoms with van der Waals surface area (Å²) >= 11 is 0. The molecule has 2 heterocycles. The van der Waals surface area contributed by atoms with Crippen LogP contribution in [0.5, 0.6) is 5.75 Å². The lowest BCUT2D eigenvalue weighted by molar-refractivity contribution is 0.0316. The number of likely N-dealkylation sites (tertiary alicyclic amines) is 1. The summed E-state index contributed by atoms with van der Waals surface area (Å²) < 4.78 is 5.55. The molecule has 0 unspecified atom stereocenters. The van der Waals surface area contributed by atoms with E-state index in [0.717, 1.165) is 42.4 Å². The van der Waals surface area contributed by atoms with Gasteiger partial charge in [0.2, 0.25) is 0 Å². The highest BCUT2D eigenvalue weighted by molar-refractivity contribution is 6.10. The third-order valence-corrected chi connectivity index (χ3v) is 5.66. The number of Topliss-reactive ketones (excluding diaryl/α,β-unsaturated/α-hetero) is 1. The Morgan fingerprint density at radius 1 is 1.07 bits per heavy atom. The molecular formula is C23H26N2O3. The van der Waals surface area contributed by atoms with Crippen LogP contribution in [0.1, 0.15) is 41.2 Å². The Morgan fingerprint density at radius 2 is 1.79 bits per heavy atom. The summed E-state index contributed by atoms with van der Waals surface area (Å²) in [6.07, 6.45) is 3.85. The first kappa shape index (κ1) is 18.7. The molecule has 0 radical (unpaired) electrons. The molecule has 0 aliphatic carbocycles. The van der Waals surface area contributed by atoms with Gasteiger partial charge in [-0.25, -0.2) is 0 Å². The number of nitrogens with one attached hydrogen (secondary N) is 1. The second-order valence-corrected chi connectivity index (χ2v) is 7.34. The number of fused-ring (bicyclic) bond motifs is 1. The number of carbonyl (C=O) groups excluding carboxylic acids is 1. The molecule has 2 N–H and O–H groups in total. The number of piperidine rings is 1. The number of aromatic amines is 1. The van der Waals surface area contributed by atoms with Crippen molar-refractivity contribution >= 4 is 16.7 Å². The number of hydrogen-bond acceptors (Lipinski definition) is 4. The molecule has 0 saturated carbocycles. The largest absolute Gasteiger partial charge is 0.496 e. The molecule has 1 fully saturated rings. The summed E-state index contributed by atoms with van der Waals surface area (Å²) in [5.41, 5.74) is 2.28. The highest BCUT2D eigenvalue weighted by Gasteiger charge is 2.36. The van der Waals surface area contributed by atoms with Crippen LogP contribution in [0.3, 0.4) is 0 Å². The molecule has 2 aromatic carbocycles. The van der Waals surface area contributed by atoms with E-state index in [2.05, 4.69) is 9.88 Å². The van der Waals surface area contributed by atoms with Crippen molar-refractivity contribution in [1.29, 1.82) is 0 Å². The first-order valence-corrected chi connectivity index (χ1v) is 9.86. The number of aliphatic hydroxyl groups is 1. The third kappa shape index (κ3) is 3.43. The number of rotatable bonds is 6. The summed E-state index contributed by atoms with van der Waals surface area (Å²) in [7, 11) is 1.62. The van der Waals surface area contributed by atoms with Gasteiger partial charge in [0.1, 0.15) is 11.9 Å². The topological polar surface area (TPSA) is 65.6 Å². The minimum Gasteiger partial charge on any atom is -0.496 e. The van der Waals surface area contributed by atoms with Gasteiger partial charge >= 0.3 is 0 Å². The standard InChI is InChI=1S/C23H26N2O3/c1-28-20-12-6-4-10-17(20)21(25-13-7-2-8-14-25)23(27)22(26)18-15-24-19-11-5-3-9-16(18)19/h3-6,9-12,15,21,23-24,27H,2,7-8,13-14H2,1H3/t21-,23+/m0/s1. The van der Waals surface area contributed by atoms with Crippen molar-refractivity contribution in [3.63, 3.8) is 0 Å². The van der Waals surface area contributed by atoms with E-state index in [4.69, 9.17) is 4.74 Å². The van der Waals surface area contributed by atoms with Crippen molar-refractivity contribution < 1.29 is 14.6 Å². The summed E-state index contributed by atoms with van der Waals surface area (Å²) in [6.45, 7) is 1.72. The van der Waals surface area contributed by atoms with E-state index >= 15 is 0 Å². The Morgan fingerprint density at radius 3 is 2.57 bits per heavy atom. The van der Waals surface area contributed by atoms with Crippen molar-refractivity contribution in [2.24, 2.45) is 0 Å². The van der Waals surface area contributed by atoms with Crippen LogP contribution in [-0.4, -0.2) is 47.1 Å². The lowest BCUT2D eigenvalue weighted by atomic mass is 9.91. The summed E-state index contributed by atoms with van der Waals surface area (Å²) in [6, 6.07) is 14.9. The van der Waals surface area contributed by atoms with Gasteiger partial charge < -0.3 is 14.8 Å². The van der Waals surface area contributed by atoms with Crippen molar-refractivity contribution in [3.8, 4) is 5.75 Å². The number of aliphatic hydroxyl groups excluding tert-OH is 1. The highest BCUT2D eigenvalue weighted by Crippen LogP contribution is 2.35. The van der Waals surface area contributed by atoms with Gasteiger partial charge in [-0.3, -0.25) is 9.69 Å². The molecule has 1 aliphatic rings. The number of carbonyl (C=O) groups is 1. The number of benzene rings is 2. The SMILES string of the molecule is COc1ccccc1[C@@H]([C@@H](O)C(=O)c1c[nH]c2ccccc12)N1CCCCC1. The fourth-order valence-electron chi connectivity index (χ4n) is 4.25. The minimum atomic E-state index is -1.17. The Labute approximate surface area is 164 Å². The van der Waals surface area contributed by atoms with Crippen LogP contribution in [0.25, 0.3) is 10.9 Å². The maximum atomic E-state index is 13.3. The Hall–Kier alpha value is -2.63. The van der Waals surface area contributed by atoms with Crippen molar-refractivity contribution in [1.82, 2.24) is 9.88 Å². The zero-order valence-corrected chi connectivity index (χ0v) is 16.1. The first-order valence-electron chi connectivity index (χ1n) is 9.86. The van der Waals surface area contributed by atoms with E-state index in [0.29, 0.717) is 11.3 Å². The molecule has 146 valence electrons. The van der Waals surface area contributed by atoms with E-state index < -0.39 is 12.1 Å². The van der Waals surface area contributed by atoms with Gasteiger partial charge in [-0.05, 0) is 38.1 Å². The summed E-state index contributed by atoms with van der Waals surface area (Å²) in [4.78, 5) is 18.7. The van der Waals surface area contributed by atoms with E-state index in [1.54, 1.807) is 13.3 Å². The number of methoxy groups -OCH3 is 1. The first-order chi connectivity index (χ1) is 13.7. The molecule has 0 spiro atoms. The van der Waals surface area contributed by atoms with Crippen molar-refractivity contribution in [2.45, 2.75) is 31.4 Å². The smallest absolute Gasteiger partial charge is 0.195 e. The normalized spacial score (nSPS) is 17.4. The molecular weight excluding hydrogens is 352 g/mol. The third-order valence-electron chi connectivity index (χ3n) is 5.66. The van der Waals surface area contributed by atoms with Crippen LogP contribution in [-0.2, 0) is 0 Å². The molecule has 5 nitrogen and oxygen atoms in total. The predicted octanol–water partition coefficient (Wildman–Crippen LogP) is 3.95. The highest BCUT2D eigenvalue weighted by atomic mass is 16.5. The predicted molar refractivity (Wildman–Crippen MR) is 110 cm³/mol. The minimum absolute atomic E-state index is 0.265. The monoisotopic (exact) mass is 378 g/mol. The Kier molecular flexibility index (Phi) is 5.46. The van der Waals surface area contributed by atoms with Crippen LogP contribution in [0.15, 0.2) is 54.7 Å². The van der Waals surface area contributed by atoms with Crippen LogP contribution in [0.2, 0.25) is 0 Å². The quantitative estimate of drug-likeness (QED) is 0.638. The second-order valence-electron chi connectivity index (χ2n) is 7.34. The van der Waals surface area contributed by atoms with Crippen LogP contribution in [0.4, 0.5) is 0 Å². The number of ether oxygens (including phenoxy) is 1. The maximum absolute atomic E-state index is 13.3. The maximum Gasteiger partial charge on any atom is 0.195 e. The number of nitrogens with zero attached hydrogens (tertiary/aromatic N) is 1. The number of H-pyrrole nitrogens is 1. The number of aromatic nitrogens is 1. The lowest BCUT2D eigenvalue weighted by Gasteiger charge is -2.37. The average Bonchev–Trinajstić information content (AvgIpc) is 3.18. The Balaban J connectivity index is 1.74. The molecule has 0 amide bonds. The molecule has 3 aromatic rings. The summed E-state index contributed by atoms with van der Waals surface area (Å²) in [5.74, 6) is 0.433. The summed E-state index contributed by atoms with van der Waals surface area (Å²) in [5, 5.41) is 12.1. The van der Waals surface area contributed by atoms with Gasteiger partial charge in [-0.1, -0.05) is 42.8 Å².